The van der Waals surface area contributed by atoms with Gasteiger partial charge in [-0.2, -0.15) is 0 Å². The van der Waals surface area contributed by atoms with Gasteiger partial charge in [0.1, 0.15) is 0 Å². The Morgan fingerprint density at radius 3 is 2.63 bits per heavy atom. The quantitative estimate of drug-likeness (QED) is 0.712. The smallest absolute Gasteiger partial charge is 0.0613 e. The Kier molecular flexibility index (Phi) is 7.33. The Hall–Kier alpha value is -0.120. The molecule has 0 aromatic heterocycles. The number of hydrogen-bond acceptors (Lipinski definition) is 3. The Bertz CT molecular complexity index is 233. The normalized spacial score (nSPS) is 27.5. The molecular formula is C16H34N2O. The van der Waals surface area contributed by atoms with Gasteiger partial charge < -0.3 is 15.3 Å². The van der Waals surface area contributed by atoms with Crippen LogP contribution in [0.1, 0.15) is 58.8 Å². The van der Waals surface area contributed by atoms with Gasteiger partial charge in [-0.25, -0.2) is 0 Å². The highest BCUT2D eigenvalue weighted by Gasteiger charge is 2.26. The van der Waals surface area contributed by atoms with E-state index in [-0.39, 0.29) is 12.1 Å². The molecule has 0 saturated heterocycles. The summed E-state index contributed by atoms with van der Waals surface area (Å²) in [5.41, 5.74) is -0.0688. The van der Waals surface area contributed by atoms with Gasteiger partial charge in [0.15, 0.2) is 0 Å². The van der Waals surface area contributed by atoms with Crippen LogP contribution in [0.25, 0.3) is 0 Å². The van der Waals surface area contributed by atoms with E-state index in [2.05, 4.69) is 31.1 Å². The van der Waals surface area contributed by atoms with E-state index in [1.54, 1.807) is 0 Å². The molecule has 1 aliphatic rings. The van der Waals surface area contributed by atoms with Crippen LogP contribution in [-0.4, -0.2) is 48.8 Å². The maximum absolute atomic E-state index is 9.55. The van der Waals surface area contributed by atoms with Gasteiger partial charge in [0, 0.05) is 11.6 Å². The zero-order valence-electron chi connectivity index (χ0n) is 13.4. The Balaban J connectivity index is 2.31. The van der Waals surface area contributed by atoms with Crippen molar-refractivity contribution in [1.82, 2.24) is 10.2 Å². The molecule has 1 aliphatic carbocycles. The number of aliphatic hydroxyl groups excluding tert-OH is 1. The van der Waals surface area contributed by atoms with E-state index in [1.807, 2.05) is 7.05 Å². The molecule has 2 N–H and O–H groups in total. The number of rotatable bonds is 8. The van der Waals surface area contributed by atoms with E-state index in [0.717, 1.165) is 37.8 Å². The summed E-state index contributed by atoms with van der Waals surface area (Å²) in [6.07, 6.45) is 8.74. The summed E-state index contributed by atoms with van der Waals surface area (Å²) in [4.78, 5) is 2.54. The van der Waals surface area contributed by atoms with Crippen molar-refractivity contribution in [3.05, 3.63) is 0 Å². The summed E-state index contributed by atoms with van der Waals surface area (Å²) in [6.45, 7) is 5.93. The van der Waals surface area contributed by atoms with Gasteiger partial charge in [0.05, 0.1) is 6.61 Å². The Morgan fingerprint density at radius 2 is 2.11 bits per heavy atom. The number of aliphatic hydroxyl groups is 1. The molecule has 19 heavy (non-hydrogen) atoms. The molecule has 0 amide bonds. The molecule has 0 spiro atoms. The summed E-state index contributed by atoms with van der Waals surface area (Å²) in [7, 11) is 4.24. The molecule has 0 aromatic carbocycles. The minimum Gasteiger partial charge on any atom is -0.394 e. The lowest BCUT2D eigenvalue weighted by atomic mass is 9.86. The summed E-state index contributed by atoms with van der Waals surface area (Å²) >= 11 is 0. The van der Waals surface area contributed by atoms with Gasteiger partial charge in [-0.15, -0.1) is 0 Å². The summed E-state index contributed by atoms with van der Waals surface area (Å²) in [5, 5.41) is 12.9. The van der Waals surface area contributed by atoms with Crippen LogP contribution in [0.2, 0.25) is 0 Å². The minimum atomic E-state index is -0.0688. The van der Waals surface area contributed by atoms with Crippen molar-refractivity contribution >= 4 is 0 Å². The first kappa shape index (κ1) is 16.9. The van der Waals surface area contributed by atoms with Crippen LogP contribution < -0.4 is 5.32 Å². The fourth-order valence-electron chi connectivity index (χ4n) is 3.40. The number of likely N-dealkylation sites (N-methyl/N-ethyl adjacent to an activating group) is 1. The standard InChI is InChI=1S/C16H34N2O/c1-5-16(13-19,17-3)10-7-11-18(4)15-9-6-8-14(2)12-15/h14-15,17,19H,5-13H2,1-4H3. The van der Waals surface area contributed by atoms with Crippen molar-refractivity contribution in [2.75, 3.05) is 27.2 Å². The molecule has 3 nitrogen and oxygen atoms in total. The fraction of sp³-hybridized carbons (Fsp3) is 1.00. The lowest BCUT2D eigenvalue weighted by Gasteiger charge is -2.35. The number of nitrogens with one attached hydrogen (secondary N) is 1. The van der Waals surface area contributed by atoms with Crippen LogP contribution in [0.15, 0.2) is 0 Å². The van der Waals surface area contributed by atoms with Gasteiger partial charge in [0.2, 0.25) is 0 Å². The molecule has 0 aliphatic heterocycles. The van der Waals surface area contributed by atoms with Crippen molar-refractivity contribution in [2.24, 2.45) is 5.92 Å². The van der Waals surface area contributed by atoms with E-state index in [4.69, 9.17) is 0 Å². The van der Waals surface area contributed by atoms with Crippen molar-refractivity contribution in [2.45, 2.75) is 70.4 Å². The van der Waals surface area contributed by atoms with Crippen LogP contribution in [0.3, 0.4) is 0 Å². The number of nitrogens with zero attached hydrogens (tertiary/aromatic N) is 1. The van der Waals surface area contributed by atoms with Crippen LogP contribution >= 0.6 is 0 Å². The third kappa shape index (κ3) is 5.05. The first-order valence-electron chi connectivity index (χ1n) is 8.07. The molecule has 3 heteroatoms. The summed E-state index contributed by atoms with van der Waals surface area (Å²) in [5.74, 6) is 0.894. The molecule has 0 aromatic rings. The maximum Gasteiger partial charge on any atom is 0.0613 e. The molecule has 0 bridgehead atoms. The Labute approximate surface area is 119 Å². The molecule has 1 rings (SSSR count). The number of hydrogen-bond donors (Lipinski definition) is 2. The lowest BCUT2D eigenvalue weighted by molar-refractivity contribution is 0.131. The first-order chi connectivity index (χ1) is 9.06. The predicted octanol–water partition coefficient (Wildman–Crippen LogP) is 2.64. The predicted molar refractivity (Wildman–Crippen MR) is 82.5 cm³/mol. The topological polar surface area (TPSA) is 35.5 Å². The third-order valence-electron chi connectivity index (χ3n) is 5.21. The van der Waals surface area contributed by atoms with E-state index >= 15 is 0 Å². The summed E-state index contributed by atoms with van der Waals surface area (Å²) < 4.78 is 0. The van der Waals surface area contributed by atoms with Crippen molar-refractivity contribution in [3.63, 3.8) is 0 Å². The molecule has 3 unspecified atom stereocenters. The van der Waals surface area contributed by atoms with Crippen molar-refractivity contribution in [3.8, 4) is 0 Å². The maximum atomic E-state index is 9.55. The summed E-state index contributed by atoms with van der Waals surface area (Å²) in [6, 6.07) is 0.781. The molecule has 0 heterocycles. The van der Waals surface area contributed by atoms with Gasteiger partial charge in [0.25, 0.3) is 0 Å². The van der Waals surface area contributed by atoms with E-state index in [1.165, 1.54) is 25.7 Å². The molecule has 0 radical (unpaired) electrons. The molecule has 3 atom stereocenters. The highest BCUT2D eigenvalue weighted by atomic mass is 16.3. The molecular weight excluding hydrogens is 236 g/mol. The van der Waals surface area contributed by atoms with E-state index in [0.29, 0.717) is 0 Å². The minimum absolute atomic E-state index is 0.0688. The second-order valence-electron chi connectivity index (χ2n) is 6.55. The van der Waals surface area contributed by atoms with Crippen molar-refractivity contribution in [1.29, 1.82) is 0 Å². The van der Waals surface area contributed by atoms with Crippen molar-refractivity contribution < 1.29 is 5.11 Å². The van der Waals surface area contributed by atoms with Crippen LogP contribution in [0, 0.1) is 5.92 Å². The molecule has 114 valence electrons. The largest absolute Gasteiger partial charge is 0.394 e. The highest BCUT2D eigenvalue weighted by molar-refractivity contribution is 4.85. The van der Waals surface area contributed by atoms with E-state index < -0.39 is 0 Å². The Morgan fingerprint density at radius 1 is 1.37 bits per heavy atom. The zero-order valence-corrected chi connectivity index (χ0v) is 13.4. The third-order valence-corrected chi connectivity index (χ3v) is 5.21. The van der Waals surface area contributed by atoms with E-state index in [9.17, 15) is 5.11 Å². The SMILES string of the molecule is CCC(CO)(CCCN(C)C1CCCC(C)C1)NC. The van der Waals surface area contributed by atoms with Gasteiger partial charge >= 0.3 is 0 Å². The zero-order chi connectivity index (χ0) is 14.3. The average Bonchev–Trinajstić information content (AvgIpc) is 2.44. The second kappa shape index (κ2) is 8.23. The highest BCUT2D eigenvalue weighted by Crippen LogP contribution is 2.27. The van der Waals surface area contributed by atoms with Gasteiger partial charge in [-0.3, -0.25) is 0 Å². The monoisotopic (exact) mass is 270 g/mol. The van der Waals surface area contributed by atoms with Gasteiger partial charge in [-0.05, 0) is 58.7 Å². The van der Waals surface area contributed by atoms with Gasteiger partial charge in [-0.1, -0.05) is 26.7 Å². The second-order valence-corrected chi connectivity index (χ2v) is 6.55. The molecule has 1 fully saturated rings. The first-order valence-corrected chi connectivity index (χ1v) is 8.07. The van der Waals surface area contributed by atoms with Crippen LogP contribution in [-0.2, 0) is 0 Å². The van der Waals surface area contributed by atoms with Crippen LogP contribution in [0.5, 0.6) is 0 Å². The fourth-order valence-corrected chi connectivity index (χ4v) is 3.40. The lowest BCUT2D eigenvalue weighted by Crippen LogP contribution is -2.46. The van der Waals surface area contributed by atoms with Crippen LogP contribution in [0.4, 0.5) is 0 Å². The molecule has 1 saturated carbocycles. The average molecular weight is 270 g/mol.